The molecule has 0 radical (unpaired) electrons. The minimum absolute atomic E-state index is 0.0424. The number of Topliss-reactive ketones (excluding diaryl/α,β-unsaturated/α-hetero) is 1. The molecular weight excluding hydrogens is 372 g/mol. The summed E-state index contributed by atoms with van der Waals surface area (Å²) in [4.78, 5) is 12.2. The van der Waals surface area contributed by atoms with Gasteiger partial charge in [0.05, 0.1) is 13.7 Å². The van der Waals surface area contributed by atoms with Crippen LogP contribution in [-0.4, -0.2) is 24.6 Å². The van der Waals surface area contributed by atoms with E-state index in [0.29, 0.717) is 22.9 Å². The van der Waals surface area contributed by atoms with Crippen LogP contribution in [0.1, 0.15) is 10.4 Å². The number of ketones is 1. The highest BCUT2D eigenvalue weighted by Crippen LogP contribution is 2.23. The van der Waals surface area contributed by atoms with E-state index in [2.05, 4.69) is 26.4 Å². The summed E-state index contributed by atoms with van der Waals surface area (Å²) in [7, 11) is 1.59. The zero-order chi connectivity index (χ0) is 16.9. The third kappa shape index (κ3) is 3.83. The first-order valence-corrected chi connectivity index (χ1v) is 8.09. The molecule has 0 aliphatic heterocycles. The Labute approximate surface area is 147 Å². The van der Waals surface area contributed by atoms with Crippen molar-refractivity contribution in [2.24, 2.45) is 0 Å². The van der Waals surface area contributed by atoms with Crippen molar-refractivity contribution in [1.29, 1.82) is 0 Å². The number of nitrogens with zero attached hydrogens (tertiary/aromatic N) is 1. The van der Waals surface area contributed by atoms with Gasteiger partial charge in [0.25, 0.3) is 0 Å². The molecule has 1 N–H and O–H groups in total. The summed E-state index contributed by atoms with van der Waals surface area (Å²) in [5.74, 6) is 1.13. The molecule has 2 aromatic carbocycles. The van der Waals surface area contributed by atoms with E-state index in [1.54, 1.807) is 37.4 Å². The van der Waals surface area contributed by atoms with E-state index in [9.17, 15) is 4.79 Å². The fourth-order valence-electron chi connectivity index (χ4n) is 2.16. The predicted molar refractivity (Wildman–Crippen MR) is 95.5 cm³/mol. The van der Waals surface area contributed by atoms with E-state index in [-0.39, 0.29) is 12.3 Å². The van der Waals surface area contributed by atoms with Gasteiger partial charge in [0.2, 0.25) is 5.88 Å². The van der Waals surface area contributed by atoms with Gasteiger partial charge in [-0.1, -0.05) is 33.2 Å². The Kier molecular flexibility index (Phi) is 4.96. The molecule has 3 rings (SSSR count). The van der Waals surface area contributed by atoms with Crippen molar-refractivity contribution < 1.29 is 14.1 Å². The van der Waals surface area contributed by atoms with Crippen LogP contribution in [0.3, 0.4) is 0 Å². The summed E-state index contributed by atoms with van der Waals surface area (Å²) < 4.78 is 11.3. The third-order valence-corrected chi connectivity index (χ3v) is 4.01. The maximum Gasteiger partial charge on any atom is 0.225 e. The molecular formula is C18H15BrN2O3. The van der Waals surface area contributed by atoms with Crippen molar-refractivity contribution in [3.63, 3.8) is 0 Å². The molecule has 0 aliphatic carbocycles. The first kappa shape index (κ1) is 16.3. The molecule has 1 heterocycles. The van der Waals surface area contributed by atoms with Crippen LogP contribution in [0, 0.1) is 0 Å². The van der Waals surface area contributed by atoms with Gasteiger partial charge in [0.15, 0.2) is 5.78 Å². The predicted octanol–water partition coefficient (Wildman–Crippen LogP) is 4.41. The summed E-state index contributed by atoms with van der Waals surface area (Å²) in [6.07, 6.45) is 0. The Hall–Kier alpha value is -2.60. The molecule has 5 nitrogen and oxygen atoms in total. The molecule has 0 bridgehead atoms. The first-order valence-electron chi connectivity index (χ1n) is 7.29. The number of aromatic nitrogens is 1. The zero-order valence-corrected chi connectivity index (χ0v) is 14.5. The Morgan fingerprint density at radius 2 is 1.88 bits per heavy atom. The van der Waals surface area contributed by atoms with Crippen LogP contribution >= 0.6 is 15.9 Å². The number of ether oxygens (including phenoxy) is 1. The van der Waals surface area contributed by atoms with Crippen LogP contribution in [-0.2, 0) is 0 Å². The van der Waals surface area contributed by atoms with E-state index >= 15 is 0 Å². The SMILES string of the molecule is COc1ccc(C(=O)CNc2cc(-c3ccc(Br)cc3)no2)cc1. The Morgan fingerprint density at radius 1 is 1.17 bits per heavy atom. The Morgan fingerprint density at radius 3 is 2.54 bits per heavy atom. The highest BCUT2D eigenvalue weighted by molar-refractivity contribution is 9.10. The lowest BCUT2D eigenvalue weighted by atomic mass is 10.1. The lowest BCUT2D eigenvalue weighted by Gasteiger charge is -2.03. The number of carbonyl (C=O) groups is 1. The van der Waals surface area contributed by atoms with Gasteiger partial charge in [-0.25, -0.2) is 0 Å². The number of halogens is 1. The standard InChI is InChI=1S/C18H15BrN2O3/c1-23-15-8-4-13(5-9-15)17(22)11-20-18-10-16(21-24-18)12-2-6-14(19)7-3-12/h2-10,20H,11H2,1H3. The highest BCUT2D eigenvalue weighted by atomic mass is 79.9. The maximum absolute atomic E-state index is 12.2. The summed E-state index contributed by atoms with van der Waals surface area (Å²) in [6, 6.07) is 16.5. The van der Waals surface area contributed by atoms with Gasteiger partial charge in [-0.15, -0.1) is 0 Å². The third-order valence-electron chi connectivity index (χ3n) is 3.49. The minimum atomic E-state index is -0.0424. The van der Waals surface area contributed by atoms with Crippen molar-refractivity contribution in [3.8, 4) is 17.0 Å². The smallest absolute Gasteiger partial charge is 0.225 e. The fourth-order valence-corrected chi connectivity index (χ4v) is 2.43. The molecule has 0 spiro atoms. The quantitative estimate of drug-likeness (QED) is 0.635. The van der Waals surface area contributed by atoms with Gasteiger partial charge in [-0.05, 0) is 36.4 Å². The van der Waals surface area contributed by atoms with Crippen molar-refractivity contribution in [2.75, 3.05) is 19.0 Å². The minimum Gasteiger partial charge on any atom is -0.497 e. The number of nitrogens with one attached hydrogen (secondary N) is 1. The monoisotopic (exact) mass is 386 g/mol. The van der Waals surface area contributed by atoms with Crippen LogP contribution < -0.4 is 10.1 Å². The molecule has 1 aromatic heterocycles. The van der Waals surface area contributed by atoms with E-state index in [1.165, 1.54) is 0 Å². The van der Waals surface area contributed by atoms with Crippen molar-refractivity contribution in [2.45, 2.75) is 0 Å². The van der Waals surface area contributed by atoms with E-state index < -0.39 is 0 Å². The molecule has 24 heavy (non-hydrogen) atoms. The van der Waals surface area contributed by atoms with Crippen molar-refractivity contribution in [3.05, 3.63) is 64.6 Å². The van der Waals surface area contributed by atoms with Gasteiger partial charge in [-0.2, -0.15) is 0 Å². The zero-order valence-electron chi connectivity index (χ0n) is 13.0. The molecule has 0 aliphatic rings. The molecule has 0 saturated carbocycles. The van der Waals surface area contributed by atoms with Gasteiger partial charge in [0, 0.05) is 21.7 Å². The van der Waals surface area contributed by atoms with Crippen LogP contribution in [0.25, 0.3) is 11.3 Å². The first-order chi connectivity index (χ1) is 11.7. The van der Waals surface area contributed by atoms with Crippen LogP contribution in [0.4, 0.5) is 5.88 Å². The van der Waals surface area contributed by atoms with Gasteiger partial charge in [-0.3, -0.25) is 4.79 Å². The van der Waals surface area contributed by atoms with Gasteiger partial charge in [0.1, 0.15) is 11.4 Å². The molecule has 6 heteroatoms. The van der Waals surface area contributed by atoms with Crippen molar-refractivity contribution >= 4 is 27.6 Å². The fraction of sp³-hybridized carbons (Fsp3) is 0.111. The van der Waals surface area contributed by atoms with E-state index in [1.807, 2.05) is 24.3 Å². The molecule has 0 amide bonds. The summed E-state index contributed by atoms with van der Waals surface area (Å²) in [5, 5.41) is 6.96. The van der Waals surface area contributed by atoms with E-state index in [0.717, 1.165) is 10.0 Å². The average Bonchev–Trinajstić information content (AvgIpc) is 3.09. The maximum atomic E-state index is 12.2. The second-order valence-corrected chi connectivity index (χ2v) is 6.00. The van der Waals surface area contributed by atoms with Crippen LogP contribution in [0.5, 0.6) is 5.75 Å². The lowest BCUT2D eigenvalue weighted by molar-refractivity contribution is 0.101. The number of hydrogen-bond donors (Lipinski definition) is 1. The summed E-state index contributed by atoms with van der Waals surface area (Å²) >= 11 is 3.39. The highest BCUT2D eigenvalue weighted by Gasteiger charge is 2.10. The van der Waals surface area contributed by atoms with Crippen molar-refractivity contribution in [1.82, 2.24) is 5.16 Å². The number of methoxy groups -OCH3 is 1. The topological polar surface area (TPSA) is 64.4 Å². The lowest BCUT2D eigenvalue weighted by Crippen LogP contribution is -2.13. The molecule has 0 fully saturated rings. The molecule has 3 aromatic rings. The molecule has 0 saturated heterocycles. The second-order valence-electron chi connectivity index (χ2n) is 5.09. The number of hydrogen-bond acceptors (Lipinski definition) is 5. The van der Waals surface area contributed by atoms with Gasteiger partial charge >= 0.3 is 0 Å². The number of benzene rings is 2. The molecule has 122 valence electrons. The molecule has 0 atom stereocenters. The Balaban J connectivity index is 1.62. The molecule has 0 unspecified atom stereocenters. The van der Waals surface area contributed by atoms with Crippen LogP contribution in [0.2, 0.25) is 0 Å². The van der Waals surface area contributed by atoms with Gasteiger partial charge < -0.3 is 14.6 Å². The van der Waals surface area contributed by atoms with Crippen LogP contribution in [0.15, 0.2) is 63.6 Å². The Bertz CT molecular complexity index is 826. The summed E-state index contributed by atoms with van der Waals surface area (Å²) in [6.45, 7) is 0.126. The number of anilines is 1. The second kappa shape index (κ2) is 7.31. The summed E-state index contributed by atoms with van der Waals surface area (Å²) in [5.41, 5.74) is 2.26. The number of carbonyl (C=O) groups excluding carboxylic acids is 1. The number of rotatable bonds is 6. The average molecular weight is 387 g/mol. The van der Waals surface area contributed by atoms with E-state index in [4.69, 9.17) is 9.26 Å². The normalized spacial score (nSPS) is 10.4. The largest absolute Gasteiger partial charge is 0.497 e.